The molecule has 2 aromatic carbocycles. The van der Waals surface area contributed by atoms with Crippen molar-refractivity contribution in [3.8, 4) is 0 Å². The molecule has 0 bridgehead atoms. The molecule has 5 rings (SSSR count). The van der Waals surface area contributed by atoms with Gasteiger partial charge in [-0.15, -0.1) is 0 Å². The Morgan fingerprint density at radius 1 is 0.610 bits per heavy atom. The maximum Gasteiger partial charge on any atom is 0.419 e. The summed E-state index contributed by atoms with van der Waals surface area (Å²) in [4.78, 5) is 0. The Balaban J connectivity index is 1.08. The summed E-state index contributed by atoms with van der Waals surface area (Å²) in [6.45, 7) is 2.26. The van der Waals surface area contributed by atoms with Crippen LogP contribution in [0, 0.1) is 29.4 Å². The minimum atomic E-state index is -4.66. The van der Waals surface area contributed by atoms with Crippen molar-refractivity contribution < 1.29 is 22.0 Å². The van der Waals surface area contributed by atoms with Crippen molar-refractivity contribution in [3.63, 3.8) is 0 Å². The Labute approximate surface area is 243 Å². The SMILES string of the molecule is CCCCCC1CCC(c2ccc(C3CCC(C4CCC(c5ccc(C(F)(F)F)c(F)c5)CC4)CC3)c(F)c2)CC1. The van der Waals surface area contributed by atoms with Crippen LogP contribution in [0.4, 0.5) is 22.0 Å². The second kappa shape index (κ2) is 13.6. The number of hydrogen-bond acceptors (Lipinski definition) is 0. The van der Waals surface area contributed by atoms with E-state index in [9.17, 15) is 17.6 Å². The average Bonchev–Trinajstić information content (AvgIpc) is 2.97. The van der Waals surface area contributed by atoms with E-state index in [1.165, 1.54) is 63.0 Å². The van der Waals surface area contributed by atoms with E-state index in [-0.39, 0.29) is 11.7 Å². The van der Waals surface area contributed by atoms with Gasteiger partial charge < -0.3 is 0 Å². The minimum absolute atomic E-state index is 0.0136. The lowest BCUT2D eigenvalue weighted by atomic mass is 9.67. The first-order valence-electron chi connectivity index (χ1n) is 16.4. The zero-order valence-corrected chi connectivity index (χ0v) is 24.6. The lowest BCUT2D eigenvalue weighted by Crippen LogP contribution is -2.25. The van der Waals surface area contributed by atoms with E-state index in [4.69, 9.17) is 0 Å². The van der Waals surface area contributed by atoms with Gasteiger partial charge in [0.25, 0.3) is 0 Å². The molecule has 0 spiro atoms. The van der Waals surface area contributed by atoms with Gasteiger partial charge in [0.05, 0.1) is 5.56 Å². The molecule has 226 valence electrons. The first-order valence-corrected chi connectivity index (χ1v) is 16.4. The molecule has 0 saturated heterocycles. The number of rotatable bonds is 8. The second-order valence-corrected chi connectivity index (χ2v) is 13.5. The summed E-state index contributed by atoms with van der Waals surface area (Å²) in [6.07, 6.45) is 13.7. The van der Waals surface area contributed by atoms with E-state index < -0.39 is 17.6 Å². The van der Waals surface area contributed by atoms with Gasteiger partial charge in [0, 0.05) is 0 Å². The molecule has 3 fully saturated rings. The average molecular weight is 575 g/mol. The summed E-state index contributed by atoms with van der Waals surface area (Å²) in [5, 5.41) is 0. The number of halogens is 5. The van der Waals surface area contributed by atoms with Gasteiger partial charge in [0.2, 0.25) is 0 Å². The maximum atomic E-state index is 15.4. The van der Waals surface area contributed by atoms with E-state index in [0.29, 0.717) is 29.2 Å². The molecule has 0 atom stereocenters. The van der Waals surface area contributed by atoms with E-state index in [1.807, 2.05) is 6.07 Å². The van der Waals surface area contributed by atoms with Gasteiger partial charge in [0.15, 0.2) is 0 Å². The number of unbranched alkanes of at least 4 members (excludes halogenated alkanes) is 2. The Hall–Kier alpha value is -1.91. The lowest BCUT2D eigenvalue weighted by Gasteiger charge is -2.38. The van der Waals surface area contributed by atoms with Crippen LogP contribution < -0.4 is 0 Å². The summed E-state index contributed by atoms with van der Waals surface area (Å²) in [7, 11) is 0. The lowest BCUT2D eigenvalue weighted by molar-refractivity contribution is -0.140. The molecule has 0 unspecified atom stereocenters. The highest BCUT2D eigenvalue weighted by Gasteiger charge is 2.36. The van der Waals surface area contributed by atoms with E-state index in [2.05, 4.69) is 19.1 Å². The molecule has 0 amide bonds. The fourth-order valence-corrected chi connectivity index (χ4v) is 8.44. The highest BCUT2D eigenvalue weighted by Crippen LogP contribution is 2.47. The van der Waals surface area contributed by atoms with Gasteiger partial charge in [-0.05, 0) is 147 Å². The minimum Gasteiger partial charge on any atom is -0.207 e. The molecule has 3 aliphatic carbocycles. The van der Waals surface area contributed by atoms with Gasteiger partial charge in [-0.1, -0.05) is 50.8 Å². The second-order valence-electron chi connectivity index (χ2n) is 13.5. The maximum absolute atomic E-state index is 15.4. The number of benzene rings is 2. The zero-order valence-electron chi connectivity index (χ0n) is 24.6. The van der Waals surface area contributed by atoms with Crippen LogP contribution in [0.5, 0.6) is 0 Å². The Bertz CT molecular complexity index is 1110. The largest absolute Gasteiger partial charge is 0.419 e. The first kappa shape index (κ1) is 30.5. The molecule has 0 aliphatic heterocycles. The Morgan fingerprint density at radius 2 is 1.12 bits per heavy atom. The fraction of sp³-hybridized carbons (Fsp3) is 0.667. The third-order valence-electron chi connectivity index (χ3n) is 11.0. The van der Waals surface area contributed by atoms with Gasteiger partial charge in [-0.25, -0.2) is 8.78 Å². The fourth-order valence-electron chi connectivity index (χ4n) is 8.44. The predicted molar refractivity (Wildman–Crippen MR) is 156 cm³/mol. The van der Waals surface area contributed by atoms with Crippen LogP contribution in [-0.4, -0.2) is 0 Å². The van der Waals surface area contributed by atoms with Crippen molar-refractivity contribution >= 4 is 0 Å². The zero-order chi connectivity index (χ0) is 29.0. The van der Waals surface area contributed by atoms with Crippen LogP contribution in [0.3, 0.4) is 0 Å². The molecular weight excluding hydrogens is 527 g/mol. The molecule has 0 heterocycles. The summed E-state index contributed by atoms with van der Waals surface area (Å²) in [5.41, 5.74) is 1.60. The molecular formula is C36H47F5. The van der Waals surface area contributed by atoms with Crippen LogP contribution in [0.25, 0.3) is 0 Å². The monoisotopic (exact) mass is 574 g/mol. The van der Waals surface area contributed by atoms with E-state index in [1.54, 1.807) is 0 Å². The Kier molecular flexibility index (Phi) is 10.1. The summed E-state index contributed by atoms with van der Waals surface area (Å²) < 4.78 is 68.2. The van der Waals surface area contributed by atoms with Crippen molar-refractivity contribution in [2.24, 2.45) is 17.8 Å². The first-order chi connectivity index (χ1) is 19.7. The van der Waals surface area contributed by atoms with Crippen LogP contribution in [0.15, 0.2) is 36.4 Å². The van der Waals surface area contributed by atoms with Crippen molar-refractivity contribution in [2.45, 2.75) is 134 Å². The topological polar surface area (TPSA) is 0 Å². The van der Waals surface area contributed by atoms with E-state index in [0.717, 1.165) is 75.0 Å². The van der Waals surface area contributed by atoms with Crippen LogP contribution in [0.2, 0.25) is 0 Å². The van der Waals surface area contributed by atoms with Crippen molar-refractivity contribution in [2.75, 3.05) is 0 Å². The smallest absolute Gasteiger partial charge is 0.207 e. The summed E-state index contributed by atoms with van der Waals surface area (Å²) in [6, 6.07) is 9.58. The summed E-state index contributed by atoms with van der Waals surface area (Å²) in [5.74, 6) is 1.85. The highest BCUT2D eigenvalue weighted by atomic mass is 19.4. The van der Waals surface area contributed by atoms with Gasteiger partial charge >= 0.3 is 6.18 Å². The third-order valence-corrected chi connectivity index (χ3v) is 11.0. The van der Waals surface area contributed by atoms with E-state index >= 15 is 4.39 Å². The van der Waals surface area contributed by atoms with Crippen LogP contribution in [-0.2, 0) is 6.18 Å². The van der Waals surface area contributed by atoms with Gasteiger partial charge in [-0.2, -0.15) is 13.2 Å². The summed E-state index contributed by atoms with van der Waals surface area (Å²) >= 11 is 0. The van der Waals surface area contributed by atoms with Crippen LogP contribution in [0.1, 0.15) is 150 Å². The van der Waals surface area contributed by atoms with Gasteiger partial charge in [-0.3, -0.25) is 0 Å². The molecule has 5 heteroatoms. The molecule has 41 heavy (non-hydrogen) atoms. The van der Waals surface area contributed by atoms with Crippen molar-refractivity contribution in [3.05, 3.63) is 70.3 Å². The number of hydrogen-bond donors (Lipinski definition) is 0. The molecule has 0 N–H and O–H groups in total. The predicted octanol–water partition coefficient (Wildman–Crippen LogP) is 12.1. The molecule has 2 aromatic rings. The highest BCUT2D eigenvalue weighted by molar-refractivity contribution is 5.31. The van der Waals surface area contributed by atoms with Gasteiger partial charge in [0.1, 0.15) is 11.6 Å². The molecule has 3 aliphatic rings. The molecule has 0 radical (unpaired) electrons. The quantitative estimate of drug-likeness (QED) is 0.217. The molecule has 0 nitrogen and oxygen atoms in total. The normalized spacial score (nSPS) is 29.4. The molecule has 0 aromatic heterocycles. The van der Waals surface area contributed by atoms with Crippen LogP contribution >= 0.6 is 0 Å². The van der Waals surface area contributed by atoms with Crippen molar-refractivity contribution in [1.29, 1.82) is 0 Å². The third kappa shape index (κ3) is 7.54. The standard InChI is InChI=1S/C36H47F5/c1-2-3-4-5-24-6-8-27(9-7-24)30-18-20-32(34(37)22-30)29-16-14-26(15-17-29)25-10-12-28(13-11-25)31-19-21-33(35(38)23-31)36(39,40)41/h18-29H,2-17H2,1H3. The number of alkyl halides is 3. The van der Waals surface area contributed by atoms with Crippen molar-refractivity contribution in [1.82, 2.24) is 0 Å². The molecule has 3 saturated carbocycles. The Morgan fingerprint density at radius 3 is 1.63 bits per heavy atom.